The molecule has 0 aliphatic carbocycles. The van der Waals surface area contributed by atoms with Crippen LogP contribution in [0.2, 0.25) is 10.0 Å². The number of thioether (sulfide) groups is 1. The number of benzene rings is 1. The Balaban J connectivity index is 2.90. The molecular weight excluding hydrogens is 283 g/mol. The summed E-state index contributed by atoms with van der Waals surface area (Å²) in [5.41, 5.74) is 6.13. The summed E-state index contributed by atoms with van der Waals surface area (Å²) in [7, 11) is 0. The Hall–Kier alpha value is -0.490. The fourth-order valence-corrected chi connectivity index (χ4v) is 2.99. The topological polar surface area (TPSA) is 69.2 Å². The molecule has 0 radical (unpaired) electrons. The van der Waals surface area contributed by atoms with Crippen LogP contribution in [0, 0.1) is 10.1 Å². The van der Waals surface area contributed by atoms with Crippen molar-refractivity contribution in [1.29, 1.82) is 0 Å². The predicted molar refractivity (Wildman–Crippen MR) is 72.6 cm³/mol. The van der Waals surface area contributed by atoms with E-state index in [2.05, 4.69) is 0 Å². The van der Waals surface area contributed by atoms with E-state index in [1.165, 1.54) is 11.8 Å². The molecule has 0 aliphatic heterocycles. The Labute approximate surface area is 114 Å². The Bertz CT molecular complexity index is 404. The monoisotopic (exact) mass is 294 g/mol. The molecule has 0 saturated carbocycles. The third kappa shape index (κ3) is 4.71. The first-order valence-electron chi connectivity index (χ1n) is 4.93. The smallest absolute Gasteiger partial charge is 0.219 e. The first-order valence-corrected chi connectivity index (χ1v) is 6.73. The minimum absolute atomic E-state index is 0.175. The molecule has 17 heavy (non-hydrogen) atoms. The van der Waals surface area contributed by atoms with Gasteiger partial charge in [0.15, 0.2) is 0 Å². The van der Waals surface area contributed by atoms with Crippen molar-refractivity contribution < 1.29 is 4.92 Å². The van der Waals surface area contributed by atoms with Crippen molar-refractivity contribution >= 4 is 35.0 Å². The third-order valence-corrected chi connectivity index (χ3v) is 3.90. The molecule has 0 aromatic heterocycles. The number of hydrogen-bond acceptors (Lipinski definition) is 4. The van der Waals surface area contributed by atoms with Gasteiger partial charge in [-0.05, 0) is 17.7 Å². The van der Waals surface area contributed by atoms with E-state index in [4.69, 9.17) is 28.9 Å². The summed E-state index contributed by atoms with van der Waals surface area (Å²) >= 11 is 13.3. The van der Waals surface area contributed by atoms with Gasteiger partial charge in [0.05, 0.1) is 5.25 Å². The van der Waals surface area contributed by atoms with Crippen LogP contribution >= 0.6 is 35.0 Å². The molecule has 0 bridgehead atoms. The second kappa shape index (κ2) is 7.06. The second-order valence-electron chi connectivity index (χ2n) is 3.33. The summed E-state index contributed by atoms with van der Waals surface area (Å²) in [6.07, 6.45) is 0. The summed E-state index contributed by atoms with van der Waals surface area (Å²) in [5.74, 6) is 0.650. The normalized spacial score (nSPS) is 12.4. The Morgan fingerprint density at radius 1 is 1.47 bits per heavy atom. The van der Waals surface area contributed by atoms with Crippen LogP contribution < -0.4 is 5.73 Å². The molecule has 1 unspecified atom stereocenters. The van der Waals surface area contributed by atoms with Gasteiger partial charge >= 0.3 is 0 Å². The maximum absolute atomic E-state index is 10.6. The quantitative estimate of drug-likeness (QED) is 0.647. The van der Waals surface area contributed by atoms with Crippen molar-refractivity contribution in [3.63, 3.8) is 0 Å². The largest absolute Gasteiger partial charge is 0.330 e. The number of nitrogens with zero attached hydrogens (tertiary/aromatic N) is 1. The zero-order valence-corrected chi connectivity index (χ0v) is 11.3. The SMILES string of the molecule is NCCSC(C[N+](=O)[O-])c1ccc(Cl)cc1Cl. The number of nitro groups is 1. The highest BCUT2D eigenvalue weighted by Crippen LogP contribution is 2.34. The lowest BCUT2D eigenvalue weighted by molar-refractivity contribution is -0.479. The predicted octanol–water partition coefficient (Wildman–Crippen LogP) is 3.00. The highest BCUT2D eigenvalue weighted by Gasteiger charge is 2.20. The second-order valence-corrected chi connectivity index (χ2v) is 5.48. The molecule has 0 spiro atoms. The van der Waals surface area contributed by atoms with Crippen molar-refractivity contribution in [2.75, 3.05) is 18.8 Å². The van der Waals surface area contributed by atoms with Crippen LogP contribution in [-0.2, 0) is 0 Å². The Morgan fingerprint density at radius 3 is 2.71 bits per heavy atom. The molecule has 94 valence electrons. The van der Waals surface area contributed by atoms with E-state index >= 15 is 0 Å². The van der Waals surface area contributed by atoms with E-state index in [-0.39, 0.29) is 16.7 Å². The van der Waals surface area contributed by atoms with Gasteiger partial charge in [0.1, 0.15) is 0 Å². The van der Waals surface area contributed by atoms with Crippen LogP contribution in [0.1, 0.15) is 10.8 Å². The molecular formula is C10H12Cl2N2O2S. The van der Waals surface area contributed by atoms with E-state index in [1.807, 2.05) is 0 Å². The third-order valence-electron chi connectivity index (χ3n) is 2.06. The van der Waals surface area contributed by atoms with Crippen LogP contribution in [0.15, 0.2) is 18.2 Å². The van der Waals surface area contributed by atoms with Crippen molar-refractivity contribution in [2.24, 2.45) is 5.73 Å². The van der Waals surface area contributed by atoms with Crippen molar-refractivity contribution in [2.45, 2.75) is 5.25 Å². The molecule has 0 amide bonds. The van der Waals surface area contributed by atoms with Crippen LogP contribution in [0.3, 0.4) is 0 Å². The van der Waals surface area contributed by atoms with Gasteiger partial charge in [-0.1, -0.05) is 29.3 Å². The van der Waals surface area contributed by atoms with Gasteiger partial charge in [0.2, 0.25) is 6.54 Å². The van der Waals surface area contributed by atoms with E-state index in [9.17, 15) is 10.1 Å². The number of hydrogen-bond donors (Lipinski definition) is 1. The summed E-state index contributed by atoms with van der Waals surface area (Å²) < 4.78 is 0. The van der Waals surface area contributed by atoms with Gasteiger partial charge in [-0.25, -0.2) is 0 Å². The molecule has 1 atom stereocenters. The highest BCUT2D eigenvalue weighted by atomic mass is 35.5. The van der Waals surface area contributed by atoms with E-state index in [0.29, 0.717) is 22.3 Å². The van der Waals surface area contributed by atoms with Crippen molar-refractivity contribution in [3.8, 4) is 0 Å². The standard InChI is InChI=1S/C10H12Cl2N2O2S/c11-7-1-2-8(9(12)5-7)10(6-14(15)16)17-4-3-13/h1-2,5,10H,3-4,6,13H2. The maximum atomic E-state index is 10.6. The lowest BCUT2D eigenvalue weighted by atomic mass is 10.1. The number of halogens is 2. The average molecular weight is 295 g/mol. The van der Waals surface area contributed by atoms with Crippen LogP contribution in [-0.4, -0.2) is 23.8 Å². The molecule has 2 N–H and O–H groups in total. The molecule has 0 fully saturated rings. The van der Waals surface area contributed by atoms with Crippen LogP contribution in [0.25, 0.3) is 0 Å². The Morgan fingerprint density at radius 2 is 2.18 bits per heavy atom. The summed E-state index contributed by atoms with van der Waals surface area (Å²) in [5, 5.41) is 11.3. The van der Waals surface area contributed by atoms with E-state index in [1.54, 1.807) is 18.2 Å². The van der Waals surface area contributed by atoms with E-state index < -0.39 is 0 Å². The highest BCUT2D eigenvalue weighted by molar-refractivity contribution is 7.99. The van der Waals surface area contributed by atoms with Crippen LogP contribution in [0.5, 0.6) is 0 Å². The summed E-state index contributed by atoms with van der Waals surface area (Å²) in [6.45, 7) is 0.302. The molecule has 0 saturated heterocycles. The van der Waals surface area contributed by atoms with Gasteiger partial charge in [-0.3, -0.25) is 10.1 Å². The molecule has 1 aromatic carbocycles. The molecule has 1 rings (SSSR count). The van der Waals surface area contributed by atoms with Gasteiger partial charge in [-0.2, -0.15) is 0 Å². The van der Waals surface area contributed by atoms with Crippen molar-refractivity contribution in [3.05, 3.63) is 43.9 Å². The fraction of sp³-hybridized carbons (Fsp3) is 0.400. The molecule has 0 heterocycles. The summed E-state index contributed by atoms with van der Waals surface area (Å²) in [4.78, 5) is 10.3. The maximum Gasteiger partial charge on any atom is 0.219 e. The van der Waals surface area contributed by atoms with E-state index in [0.717, 1.165) is 5.56 Å². The van der Waals surface area contributed by atoms with Crippen molar-refractivity contribution in [1.82, 2.24) is 0 Å². The minimum atomic E-state index is -0.348. The molecule has 0 aliphatic rings. The summed E-state index contributed by atoms with van der Waals surface area (Å²) in [6, 6.07) is 5.00. The van der Waals surface area contributed by atoms with Gasteiger partial charge < -0.3 is 5.73 Å². The molecule has 1 aromatic rings. The van der Waals surface area contributed by atoms with Gasteiger partial charge in [-0.15, -0.1) is 11.8 Å². The van der Waals surface area contributed by atoms with Gasteiger partial charge in [0.25, 0.3) is 0 Å². The number of rotatable bonds is 6. The lowest BCUT2D eigenvalue weighted by Crippen LogP contribution is -2.13. The molecule has 4 nitrogen and oxygen atoms in total. The fourth-order valence-electron chi connectivity index (χ4n) is 1.35. The lowest BCUT2D eigenvalue weighted by Gasteiger charge is -2.14. The van der Waals surface area contributed by atoms with Crippen LogP contribution in [0.4, 0.5) is 0 Å². The Kier molecular flexibility index (Phi) is 6.05. The first-order chi connectivity index (χ1) is 8.04. The zero-order valence-electron chi connectivity index (χ0n) is 8.94. The first kappa shape index (κ1) is 14.6. The van der Waals surface area contributed by atoms with Gasteiger partial charge in [0, 0.05) is 27.3 Å². The average Bonchev–Trinajstić information content (AvgIpc) is 2.24. The number of nitrogens with two attached hydrogens (primary N) is 1. The minimum Gasteiger partial charge on any atom is -0.330 e. The molecule has 7 heteroatoms. The zero-order chi connectivity index (χ0) is 12.8.